The maximum absolute atomic E-state index is 3.79. The SMILES string of the molecule is C[Si](C)(C)C#Cc1cc2c(C#C[Si](C)(C)C)c(C#C[Si](C)(C)C)c(C#C[Si](C)(C)C)c(C#C[Si](C)(C)C)c2c(C#C[Si](C)(C)C)c1C#C[Si](C)(C)C. The summed E-state index contributed by atoms with van der Waals surface area (Å²) in [7, 11) is -12.5. The highest BCUT2D eigenvalue weighted by Gasteiger charge is 2.25. The molecule has 0 unspecified atom stereocenters. The van der Waals surface area contributed by atoms with Gasteiger partial charge in [-0.1, -0.05) is 179 Å². The van der Waals surface area contributed by atoms with Crippen LogP contribution in [0.15, 0.2) is 6.07 Å². The van der Waals surface area contributed by atoms with Crippen LogP contribution in [-0.2, 0) is 0 Å². The molecule has 0 atom stereocenters. The lowest BCUT2D eigenvalue weighted by Crippen LogP contribution is -2.18. The average molecular weight is 802 g/mol. The van der Waals surface area contributed by atoms with Crippen LogP contribution < -0.4 is 0 Å². The Morgan fingerprint density at radius 2 is 0.500 bits per heavy atom. The molecule has 0 fully saturated rings. The Morgan fingerprint density at radius 3 is 0.827 bits per heavy atom. The lowest BCUT2D eigenvalue weighted by molar-refractivity contribution is 1.52. The van der Waals surface area contributed by atoms with Gasteiger partial charge >= 0.3 is 0 Å². The van der Waals surface area contributed by atoms with E-state index in [1.807, 2.05) is 0 Å². The minimum absolute atomic E-state index is 0.910. The van der Waals surface area contributed by atoms with E-state index in [2.05, 4.69) is 224 Å². The average Bonchev–Trinajstić information content (AvgIpc) is 2.90. The molecule has 0 aliphatic rings. The summed E-state index contributed by atoms with van der Waals surface area (Å²) in [6.07, 6.45) is 0. The molecule has 0 bridgehead atoms. The summed E-state index contributed by atoms with van der Waals surface area (Å²) < 4.78 is 0. The van der Waals surface area contributed by atoms with Gasteiger partial charge in [0.05, 0.1) is 22.3 Å². The molecule has 52 heavy (non-hydrogen) atoms. The largest absolute Gasteiger partial charge is 0.129 e. The summed E-state index contributed by atoms with van der Waals surface area (Å²) in [5, 5.41) is 2.05. The molecule has 0 aliphatic carbocycles. The first-order chi connectivity index (χ1) is 23.1. The smallest absolute Gasteiger partial charge is 0.127 e. The Hall–Kier alpha value is -2.86. The minimum atomic E-state index is -1.81. The van der Waals surface area contributed by atoms with Crippen LogP contribution in [0.25, 0.3) is 10.8 Å². The number of fused-ring (bicyclic) bond motifs is 1. The van der Waals surface area contributed by atoms with Gasteiger partial charge in [-0.2, -0.15) is 0 Å². The summed E-state index contributed by atoms with van der Waals surface area (Å²) in [6.45, 7) is 48.3. The maximum Gasteiger partial charge on any atom is 0.129 e. The lowest BCUT2D eigenvalue weighted by Gasteiger charge is -2.18. The van der Waals surface area contributed by atoms with Crippen LogP contribution in [0.4, 0.5) is 0 Å². The summed E-state index contributed by atoms with van der Waals surface area (Å²) in [6, 6.07) is 2.26. The molecule has 2 aromatic carbocycles. The fourth-order valence-electron chi connectivity index (χ4n) is 4.26. The molecule has 0 saturated heterocycles. The van der Waals surface area contributed by atoms with Crippen molar-refractivity contribution in [3.05, 3.63) is 45.0 Å². The van der Waals surface area contributed by atoms with Crippen molar-refractivity contribution in [2.75, 3.05) is 0 Å². The van der Waals surface area contributed by atoms with Crippen LogP contribution in [0.5, 0.6) is 0 Å². The molecular weight excluding hydrogens is 737 g/mol. The zero-order valence-electron chi connectivity index (χ0n) is 36.6. The molecular formula is C45H64Si7. The standard InChI is InChI=1S/C45H64Si7/c1-46(2,3)29-22-37-36-44-41(26-33-50(13,14)15)39(24-31-48(7,8)9)40(25-32-49(10,11)12)43(28-35-52(19,20)21)45(44)42(27-34-51(16,17)18)38(37)23-30-47(4,5)6/h36H,1-21H3. The van der Waals surface area contributed by atoms with Crippen molar-refractivity contribution >= 4 is 67.3 Å². The highest BCUT2D eigenvalue weighted by atomic mass is 28.3. The molecule has 0 heterocycles. The van der Waals surface area contributed by atoms with E-state index in [4.69, 9.17) is 0 Å². The first-order valence-electron chi connectivity index (χ1n) is 18.6. The first-order valence-corrected chi connectivity index (χ1v) is 43.1. The number of rotatable bonds is 0. The number of hydrogen-bond acceptors (Lipinski definition) is 0. The molecule has 272 valence electrons. The summed E-state index contributed by atoms with van der Waals surface area (Å²) in [5.74, 6) is 26.2. The minimum Gasteiger partial charge on any atom is -0.127 e. The van der Waals surface area contributed by atoms with E-state index in [-0.39, 0.29) is 0 Å². The van der Waals surface area contributed by atoms with Crippen molar-refractivity contribution in [1.82, 2.24) is 0 Å². The van der Waals surface area contributed by atoms with Crippen LogP contribution in [0.3, 0.4) is 0 Å². The third-order valence-corrected chi connectivity index (χ3v) is 12.7. The molecule has 0 saturated carbocycles. The Kier molecular flexibility index (Phi) is 14.2. The lowest BCUT2D eigenvalue weighted by atomic mass is 9.84. The fourth-order valence-corrected chi connectivity index (χ4v) is 7.77. The Morgan fingerprint density at radius 1 is 0.269 bits per heavy atom. The van der Waals surface area contributed by atoms with Crippen molar-refractivity contribution in [2.24, 2.45) is 0 Å². The zero-order valence-corrected chi connectivity index (χ0v) is 43.6. The van der Waals surface area contributed by atoms with Gasteiger partial charge in [-0.25, -0.2) is 0 Å². The highest BCUT2D eigenvalue weighted by Crippen LogP contribution is 2.36. The van der Waals surface area contributed by atoms with Gasteiger partial charge in [-0.05, 0) is 6.07 Å². The van der Waals surface area contributed by atoms with Gasteiger partial charge in [-0.15, -0.1) is 38.8 Å². The van der Waals surface area contributed by atoms with Crippen molar-refractivity contribution < 1.29 is 0 Å². The van der Waals surface area contributed by atoms with Crippen molar-refractivity contribution in [2.45, 2.75) is 137 Å². The molecule has 0 amide bonds. The van der Waals surface area contributed by atoms with Gasteiger partial charge in [0.15, 0.2) is 0 Å². The zero-order chi connectivity index (χ0) is 40.3. The Labute approximate surface area is 328 Å². The Balaban J connectivity index is 3.90. The quantitative estimate of drug-likeness (QED) is 0.184. The van der Waals surface area contributed by atoms with E-state index in [1.54, 1.807) is 0 Å². The maximum atomic E-state index is 3.79. The monoisotopic (exact) mass is 800 g/mol. The molecule has 0 aliphatic heterocycles. The summed E-state index contributed by atoms with van der Waals surface area (Å²) >= 11 is 0. The Bertz CT molecular complexity index is 2150. The van der Waals surface area contributed by atoms with E-state index in [0.29, 0.717) is 0 Å². The molecule has 7 heteroatoms. The highest BCUT2D eigenvalue weighted by molar-refractivity contribution is 6.86. The van der Waals surface area contributed by atoms with Gasteiger partial charge < -0.3 is 0 Å². The summed E-state index contributed by atoms with van der Waals surface area (Å²) in [5.41, 5.74) is 32.6. The topological polar surface area (TPSA) is 0 Å². The fraction of sp³-hybridized carbons (Fsp3) is 0.467. The summed E-state index contributed by atoms with van der Waals surface area (Å²) in [4.78, 5) is 0. The van der Waals surface area contributed by atoms with E-state index in [1.165, 1.54) is 0 Å². The second kappa shape index (κ2) is 16.2. The van der Waals surface area contributed by atoms with E-state index in [9.17, 15) is 0 Å². The third-order valence-electron chi connectivity index (χ3n) is 6.54. The van der Waals surface area contributed by atoms with Crippen molar-refractivity contribution in [3.8, 4) is 80.2 Å². The van der Waals surface area contributed by atoms with Crippen molar-refractivity contribution in [3.63, 3.8) is 0 Å². The van der Waals surface area contributed by atoms with Crippen LogP contribution in [0.2, 0.25) is 137 Å². The predicted molar refractivity (Wildman–Crippen MR) is 256 cm³/mol. The second-order valence-electron chi connectivity index (χ2n) is 21.1. The molecule has 0 nitrogen and oxygen atoms in total. The van der Waals surface area contributed by atoms with Crippen molar-refractivity contribution in [1.29, 1.82) is 0 Å². The van der Waals surface area contributed by atoms with Gasteiger partial charge in [0.1, 0.15) is 56.5 Å². The predicted octanol–water partition coefficient (Wildman–Crippen LogP) is 11.4. The normalized spacial score (nSPS) is 12.0. The second-order valence-corrected chi connectivity index (χ2v) is 54.3. The van der Waals surface area contributed by atoms with E-state index >= 15 is 0 Å². The van der Waals surface area contributed by atoms with E-state index < -0.39 is 56.5 Å². The van der Waals surface area contributed by atoms with Gasteiger partial charge in [0.2, 0.25) is 0 Å². The third kappa shape index (κ3) is 16.0. The molecule has 2 rings (SSSR count). The molecule has 0 N–H and O–H groups in total. The molecule has 2 aromatic rings. The van der Waals surface area contributed by atoms with Crippen LogP contribution >= 0.6 is 0 Å². The first kappa shape index (κ1) is 45.3. The molecule has 0 radical (unpaired) electrons. The van der Waals surface area contributed by atoms with E-state index in [0.717, 1.165) is 49.7 Å². The van der Waals surface area contributed by atoms with Gasteiger partial charge in [0.25, 0.3) is 0 Å². The van der Waals surface area contributed by atoms with Gasteiger partial charge in [0, 0.05) is 27.5 Å². The van der Waals surface area contributed by atoms with Crippen LogP contribution in [0, 0.1) is 80.2 Å². The number of hydrogen-bond donors (Lipinski definition) is 0. The molecule has 0 aromatic heterocycles. The molecule has 0 spiro atoms. The number of benzene rings is 2. The van der Waals surface area contributed by atoms with Gasteiger partial charge in [-0.3, -0.25) is 0 Å². The van der Waals surface area contributed by atoms with Crippen LogP contribution in [0.1, 0.15) is 38.9 Å². The van der Waals surface area contributed by atoms with Crippen LogP contribution in [-0.4, -0.2) is 56.5 Å².